The molecule has 4 rings (SSSR count). The summed E-state index contributed by atoms with van der Waals surface area (Å²) in [5, 5.41) is 0. The predicted octanol–water partition coefficient (Wildman–Crippen LogP) is 2.06. The summed E-state index contributed by atoms with van der Waals surface area (Å²) in [4.78, 5) is 17.8. The Balaban J connectivity index is 1.27. The van der Waals surface area contributed by atoms with Gasteiger partial charge in [-0.25, -0.2) is 9.97 Å². The van der Waals surface area contributed by atoms with Crippen LogP contribution in [0.1, 0.15) is 6.42 Å². The van der Waals surface area contributed by atoms with Crippen molar-refractivity contribution in [1.29, 1.82) is 0 Å². The van der Waals surface area contributed by atoms with Gasteiger partial charge >= 0.3 is 0 Å². The zero-order chi connectivity index (χ0) is 19.3. The van der Waals surface area contributed by atoms with Gasteiger partial charge in [-0.3, -0.25) is 4.90 Å². The number of benzene rings is 1. The van der Waals surface area contributed by atoms with Crippen LogP contribution in [-0.4, -0.2) is 71.4 Å². The Morgan fingerprint density at radius 1 is 0.893 bits per heavy atom. The van der Waals surface area contributed by atoms with E-state index in [0.29, 0.717) is 5.88 Å². The lowest BCUT2D eigenvalue weighted by Gasteiger charge is -2.36. The first kappa shape index (κ1) is 18.5. The van der Waals surface area contributed by atoms with Crippen LogP contribution in [0, 0.1) is 0 Å². The molecular formula is C20H26N6O2. The maximum absolute atomic E-state index is 5.25. The highest BCUT2D eigenvalue weighted by atomic mass is 16.5. The van der Waals surface area contributed by atoms with Crippen molar-refractivity contribution in [2.45, 2.75) is 13.0 Å². The highest BCUT2D eigenvalue weighted by Gasteiger charge is 2.17. The lowest BCUT2D eigenvalue weighted by molar-refractivity contribution is 0.251. The molecule has 0 amide bonds. The SMILES string of the molecule is COc1ccc(N2CCN(CCCn3cnc4c(OC)ncnc43)CC2)cc1. The molecule has 1 aromatic carbocycles. The summed E-state index contributed by atoms with van der Waals surface area (Å²) in [6.07, 6.45) is 4.40. The summed E-state index contributed by atoms with van der Waals surface area (Å²) in [5.74, 6) is 1.43. The summed E-state index contributed by atoms with van der Waals surface area (Å²) >= 11 is 0. The van der Waals surface area contributed by atoms with Crippen LogP contribution in [0.2, 0.25) is 0 Å². The zero-order valence-electron chi connectivity index (χ0n) is 16.4. The van der Waals surface area contributed by atoms with E-state index in [4.69, 9.17) is 9.47 Å². The number of imidazole rings is 1. The molecule has 0 bridgehead atoms. The van der Waals surface area contributed by atoms with Crippen molar-refractivity contribution in [3.05, 3.63) is 36.9 Å². The van der Waals surface area contributed by atoms with Crippen LogP contribution < -0.4 is 14.4 Å². The molecule has 3 heterocycles. The van der Waals surface area contributed by atoms with Gasteiger partial charge in [-0.2, -0.15) is 4.98 Å². The first-order valence-corrected chi connectivity index (χ1v) is 9.59. The fourth-order valence-corrected chi connectivity index (χ4v) is 3.66. The number of hydrogen-bond acceptors (Lipinski definition) is 7. The van der Waals surface area contributed by atoms with Crippen molar-refractivity contribution in [3.8, 4) is 11.6 Å². The average molecular weight is 382 g/mol. The maximum atomic E-state index is 5.25. The minimum atomic E-state index is 0.526. The van der Waals surface area contributed by atoms with Crippen molar-refractivity contribution >= 4 is 16.9 Å². The summed E-state index contributed by atoms with van der Waals surface area (Å²) in [7, 11) is 3.30. The van der Waals surface area contributed by atoms with Crippen molar-refractivity contribution in [3.63, 3.8) is 0 Å². The maximum Gasteiger partial charge on any atom is 0.245 e. The number of rotatable bonds is 7. The molecule has 148 valence electrons. The van der Waals surface area contributed by atoms with Crippen LogP contribution in [0.3, 0.4) is 0 Å². The molecule has 0 saturated carbocycles. The van der Waals surface area contributed by atoms with Gasteiger partial charge in [-0.15, -0.1) is 0 Å². The third kappa shape index (κ3) is 3.87. The van der Waals surface area contributed by atoms with Crippen molar-refractivity contribution in [1.82, 2.24) is 24.4 Å². The van der Waals surface area contributed by atoms with Crippen molar-refractivity contribution in [2.75, 3.05) is 51.8 Å². The standard InChI is InChI=1S/C20H26N6O2/c1-27-17-6-4-16(5-7-17)25-12-10-24(11-13-25)8-3-9-26-15-23-18-19(26)21-14-22-20(18)28-2/h4-7,14-15H,3,8-13H2,1-2H3. The third-order valence-corrected chi connectivity index (χ3v) is 5.24. The van der Waals surface area contributed by atoms with Crippen LogP contribution >= 0.6 is 0 Å². The minimum absolute atomic E-state index is 0.526. The molecule has 2 aromatic heterocycles. The molecule has 0 N–H and O–H groups in total. The normalized spacial score (nSPS) is 15.1. The molecule has 3 aromatic rings. The van der Waals surface area contributed by atoms with Gasteiger partial charge in [0.25, 0.3) is 0 Å². The fraction of sp³-hybridized carbons (Fsp3) is 0.450. The van der Waals surface area contributed by atoms with Crippen molar-refractivity contribution < 1.29 is 9.47 Å². The van der Waals surface area contributed by atoms with E-state index < -0.39 is 0 Å². The highest BCUT2D eigenvalue weighted by Crippen LogP contribution is 2.21. The molecule has 0 atom stereocenters. The number of ether oxygens (including phenoxy) is 2. The van der Waals surface area contributed by atoms with Gasteiger partial charge in [0.1, 0.15) is 12.1 Å². The van der Waals surface area contributed by atoms with E-state index in [1.165, 1.54) is 12.0 Å². The molecular weight excluding hydrogens is 356 g/mol. The molecule has 0 spiro atoms. The minimum Gasteiger partial charge on any atom is -0.497 e. The Morgan fingerprint density at radius 2 is 1.68 bits per heavy atom. The van der Waals surface area contributed by atoms with Crippen LogP contribution in [-0.2, 0) is 6.54 Å². The van der Waals surface area contributed by atoms with Gasteiger partial charge < -0.3 is 18.9 Å². The molecule has 1 aliphatic rings. The number of fused-ring (bicyclic) bond motifs is 1. The summed E-state index contributed by atoms with van der Waals surface area (Å²) in [5.41, 5.74) is 2.81. The van der Waals surface area contributed by atoms with E-state index in [-0.39, 0.29) is 0 Å². The number of hydrogen-bond donors (Lipinski definition) is 0. The lowest BCUT2D eigenvalue weighted by atomic mass is 10.2. The molecule has 1 fully saturated rings. The van der Waals surface area contributed by atoms with E-state index in [2.05, 4.69) is 41.5 Å². The first-order chi connectivity index (χ1) is 13.8. The molecule has 28 heavy (non-hydrogen) atoms. The summed E-state index contributed by atoms with van der Waals surface area (Å²) in [6.45, 7) is 6.20. The zero-order valence-corrected chi connectivity index (χ0v) is 16.4. The summed E-state index contributed by atoms with van der Waals surface area (Å²) < 4.78 is 12.6. The van der Waals surface area contributed by atoms with Gasteiger partial charge in [-0.05, 0) is 37.2 Å². The van der Waals surface area contributed by atoms with Crippen LogP contribution in [0.25, 0.3) is 11.2 Å². The Bertz CT molecular complexity index is 903. The Labute approximate surface area is 164 Å². The fourth-order valence-electron chi connectivity index (χ4n) is 3.66. The predicted molar refractivity (Wildman–Crippen MR) is 108 cm³/mol. The average Bonchev–Trinajstić information content (AvgIpc) is 3.17. The van der Waals surface area contributed by atoms with Gasteiger partial charge in [0, 0.05) is 38.4 Å². The van der Waals surface area contributed by atoms with Gasteiger partial charge in [0.05, 0.1) is 20.5 Å². The second-order valence-corrected chi connectivity index (χ2v) is 6.87. The number of aryl methyl sites for hydroxylation is 1. The van der Waals surface area contributed by atoms with Crippen LogP contribution in [0.4, 0.5) is 5.69 Å². The molecule has 1 saturated heterocycles. The van der Waals surface area contributed by atoms with E-state index in [9.17, 15) is 0 Å². The summed E-state index contributed by atoms with van der Waals surface area (Å²) in [6, 6.07) is 8.31. The number of piperazine rings is 1. The molecule has 0 unspecified atom stereocenters. The monoisotopic (exact) mass is 382 g/mol. The van der Waals surface area contributed by atoms with Gasteiger partial charge in [0.2, 0.25) is 5.88 Å². The van der Waals surface area contributed by atoms with E-state index in [1.807, 2.05) is 18.5 Å². The number of methoxy groups -OCH3 is 2. The molecule has 0 radical (unpaired) electrons. The van der Waals surface area contributed by atoms with Crippen molar-refractivity contribution in [2.24, 2.45) is 0 Å². The molecule has 8 heteroatoms. The largest absolute Gasteiger partial charge is 0.497 e. The van der Waals surface area contributed by atoms with E-state index >= 15 is 0 Å². The number of anilines is 1. The third-order valence-electron chi connectivity index (χ3n) is 5.24. The Hall–Kier alpha value is -2.87. The van der Waals surface area contributed by atoms with Gasteiger partial charge in [0.15, 0.2) is 11.2 Å². The van der Waals surface area contributed by atoms with E-state index in [0.717, 1.165) is 62.6 Å². The second-order valence-electron chi connectivity index (χ2n) is 6.87. The first-order valence-electron chi connectivity index (χ1n) is 9.59. The number of aromatic nitrogens is 4. The molecule has 0 aliphatic carbocycles. The van der Waals surface area contributed by atoms with Crippen LogP contribution in [0.5, 0.6) is 11.6 Å². The van der Waals surface area contributed by atoms with E-state index in [1.54, 1.807) is 14.2 Å². The van der Waals surface area contributed by atoms with Crippen LogP contribution in [0.15, 0.2) is 36.9 Å². The van der Waals surface area contributed by atoms with Gasteiger partial charge in [-0.1, -0.05) is 0 Å². The Kier molecular flexibility index (Phi) is 5.57. The Morgan fingerprint density at radius 3 is 2.39 bits per heavy atom. The highest BCUT2D eigenvalue weighted by molar-refractivity contribution is 5.75. The topological polar surface area (TPSA) is 68.5 Å². The molecule has 1 aliphatic heterocycles. The smallest absolute Gasteiger partial charge is 0.245 e. The quantitative estimate of drug-likeness (QED) is 0.619. The lowest BCUT2D eigenvalue weighted by Crippen LogP contribution is -2.46. The number of nitrogens with zero attached hydrogens (tertiary/aromatic N) is 6. The molecule has 8 nitrogen and oxygen atoms in total. The second kappa shape index (κ2) is 8.43.